The molecule has 0 heterocycles. The molecule has 0 aliphatic carbocycles. The molecule has 0 spiro atoms. The van der Waals surface area contributed by atoms with Crippen LogP contribution in [0.15, 0.2) is 29.2 Å². The maximum atomic E-state index is 11.7. The largest absolute Gasteiger partial charge is 0.355 e. The Labute approximate surface area is 126 Å². The van der Waals surface area contributed by atoms with Crippen LogP contribution in [-0.2, 0) is 10.2 Å². The Kier molecular flexibility index (Phi) is 6.56. The van der Waals surface area contributed by atoms with Gasteiger partial charge in [-0.3, -0.25) is 4.79 Å². The molecular formula is C16H26N2OS. The Hall–Kier alpha value is -1.00. The molecule has 112 valence electrons. The van der Waals surface area contributed by atoms with Gasteiger partial charge in [0.2, 0.25) is 5.91 Å². The first-order chi connectivity index (χ1) is 9.32. The lowest BCUT2D eigenvalue weighted by Crippen LogP contribution is -2.32. The number of rotatable bonds is 6. The molecule has 1 aromatic rings. The van der Waals surface area contributed by atoms with E-state index in [4.69, 9.17) is 5.73 Å². The normalized spacial score (nSPS) is 13.1. The average Bonchev–Trinajstić information content (AvgIpc) is 2.41. The summed E-state index contributed by atoms with van der Waals surface area (Å²) >= 11 is 1.56. The van der Waals surface area contributed by atoms with Crippen LogP contribution in [0.5, 0.6) is 0 Å². The summed E-state index contributed by atoms with van der Waals surface area (Å²) < 4.78 is 0. The van der Waals surface area contributed by atoms with Gasteiger partial charge in [-0.15, -0.1) is 11.8 Å². The monoisotopic (exact) mass is 294 g/mol. The molecule has 1 rings (SSSR count). The van der Waals surface area contributed by atoms with Gasteiger partial charge in [0, 0.05) is 11.4 Å². The van der Waals surface area contributed by atoms with Crippen molar-refractivity contribution in [1.29, 1.82) is 0 Å². The predicted octanol–water partition coefficient (Wildman–Crippen LogP) is 2.79. The maximum absolute atomic E-state index is 11.7. The molecule has 0 fully saturated rings. The highest BCUT2D eigenvalue weighted by Crippen LogP contribution is 2.25. The van der Waals surface area contributed by atoms with E-state index in [9.17, 15) is 4.79 Å². The molecular weight excluding hydrogens is 268 g/mol. The van der Waals surface area contributed by atoms with Crippen molar-refractivity contribution in [3.63, 3.8) is 0 Å². The van der Waals surface area contributed by atoms with Crippen molar-refractivity contribution in [3.8, 4) is 0 Å². The van der Waals surface area contributed by atoms with Crippen molar-refractivity contribution in [2.24, 2.45) is 11.7 Å². The van der Waals surface area contributed by atoms with E-state index in [1.165, 1.54) is 5.56 Å². The van der Waals surface area contributed by atoms with Crippen LogP contribution in [0, 0.1) is 5.92 Å². The second-order valence-electron chi connectivity index (χ2n) is 6.21. The summed E-state index contributed by atoms with van der Waals surface area (Å²) in [5.41, 5.74) is 6.99. The first-order valence-corrected chi connectivity index (χ1v) is 8.01. The number of carbonyl (C=O) groups is 1. The highest BCUT2D eigenvalue weighted by atomic mass is 32.2. The van der Waals surface area contributed by atoms with Gasteiger partial charge in [-0.2, -0.15) is 0 Å². The van der Waals surface area contributed by atoms with Crippen LogP contribution in [0.4, 0.5) is 0 Å². The zero-order chi connectivity index (χ0) is 15.2. The zero-order valence-electron chi connectivity index (χ0n) is 12.9. The SMILES string of the molecule is CC(CN)CNC(=O)CSc1ccc(C(C)(C)C)cc1. The Morgan fingerprint density at radius 2 is 1.90 bits per heavy atom. The van der Waals surface area contributed by atoms with E-state index in [-0.39, 0.29) is 11.3 Å². The number of benzene rings is 1. The van der Waals surface area contributed by atoms with Gasteiger partial charge < -0.3 is 11.1 Å². The first kappa shape index (κ1) is 17.1. The molecule has 1 aromatic carbocycles. The second kappa shape index (κ2) is 7.70. The van der Waals surface area contributed by atoms with Crippen LogP contribution in [0.1, 0.15) is 33.3 Å². The van der Waals surface area contributed by atoms with E-state index in [1.54, 1.807) is 11.8 Å². The summed E-state index contributed by atoms with van der Waals surface area (Å²) in [6, 6.07) is 8.44. The number of nitrogens with two attached hydrogens (primary N) is 1. The van der Waals surface area contributed by atoms with E-state index in [0.29, 0.717) is 24.8 Å². The van der Waals surface area contributed by atoms with Crippen molar-refractivity contribution in [2.75, 3.05) is 18.8 Å². The van der Waals surface area contributed by atoms with Gasteiger partial charge in [-0.1, -0.05) is 39.8 Å². The molecule has 3 nitrogen and oxygen atoms in total. The Morgan fingerprint density at radius 3 is 2.40 bits per heavy atom. The fourth-order valence-electron chi connectivity index (χ4n) is 1.62. The Bertz CT molecular complexity index is 423. The van der Waals surface area contributed by atoms with Crippen LogP contribution >= 0.6 is 11.8 Å². The van der Waals surface area contributed by atoms with Gasteiger partial charge in [0.05, 0.1) is 5.75 Å². The molecule has 3 N–H and O–H groups in total. The topological polar surface area (TPSA) is 55.1 Å². The smallest absolute Gasteiger partial charge is 0.230 e. The lowest BCUT2D eigenvalue weighted by atomic mass is 9.87. The molecule has 20 heavy (non-hydrogen) atoms. The summed E-state index contributed by atoms with van der Waals surface area (Å²) in [5.74, 6) is 0.844. The van der Waals surface area contributed by atoms with Gasteiger partial charge in [0.25, 0.3) is 0 Å². The number of amides is 1. The molecule has 1 amide bonds. The molecule has 0 saturated heterocycles. The average molecular weight is 294 g/mol. The summed E-state index contributed by atoms with van der Waals surface area (Å²) in [7, 11) is 0. The quantitative estimate of drug-likeness (QED) is 0.793. The number of hydrogen-bond donors (Lipinski definition) is 2. The van der Waals surface area contributed by atoms with Crippen molar-refractivity contribution in [1.82, 2.24) is 5.32 Å². The van der Waals surface area contributed by atoms with Gasteiger partial charge >= 0.3 is 0 Å². The van der Waals surface area contributed by atoms with Gasteiger partial charge in [-0.05, 0) is 35.6 Å². The molecule has 0 bridgehead atoms. The molecule has 1 atom stereocenters. The maximum Gasteiger partial charge on any atom is 0.230 e. The lowest BCUT2D eigenvalue weighted by Gasteiger charge is -2.19. The summed E-state index contributed by atoms with van der Waals surface area (Å²) in [6.07, 6.45) is 0. The number of hydrogen-bond acceptors (Lipinski definition) is 3. The second-order valence-corrected chi connectivity index (χ2v) is 7.26. The third-order valence-corrected chi connectivity index (χ3v) is 4.15. The van der Waals surface area contributed by atoms with E-state index in [2.05, 4.69) is 50.4 Å². The summed E-state index contributed by atoms with van der Waals surface area (Å²) in [6.45, 7) is 9.86. The molecule has 1 unspecified atom stereocenters. The minimum atomic E-state index is 0.0650. The van der Waals surface area contributed by atoms with Crippen molar-refractivity contribution < 1.29 is 4.79 Å². The van der Waals surface area contributed by atoms with E-state index in [1.807, 2.05) is 6.92 Å². The van der Waals surface area contributed by atoms with E-state index < -0.39 is 0 Å². The third kappa shape index (κ3) is 5.97. The zero-order valence-corrected chi connectivity index (χ0v) is 13.7. The standard InChI is InChI=1S/C16H26N2OS/c1-12(9-17)10-18-15(19)11-20-14-7-5-13(6-8-14)16(2,3)4/h5-8,12H,9-11,17H2,1-4H3,(H,18,19). The summed E-state index contributed by atoms with van der Waals surface area (Å²) in [4.78, 5) is 12.8. The molecule has 0 aliphatic heterocycles. The number of thioether (sulfide) groups is 1. The minimum Gasteiger partial charge on any atom is -0.355 e. The van der Waals surface area contributed by atoms with E-state index in [0.717, 1.165) is 4.90 Å². The number of carbonyl (C=O) groups excluding carboxylic acids is 1. The highest BCUT2D eigenvalue weighted by Gasteiger charge is 2.13. The van der Waals surface area contributed by atoms with Crippen LogP contribution in [-0.4, -0.2) is 24.7 Å². The molecule has 4 heteroatoms. The summed E-state index contributed by atoms with van der Waals surface area (Å²) in [5, 5.41) is 2.90. The van der Waals surface area contributed by atoms with Crippen molar-refractivity contribution in [3.05, 3.63) is 29.8 Å². The third-order valence-electron chi connectivity index (χ3n) is 3.14. The first-order valence-electron chi connectivity index (χ1n) is 7.03. The fraction of sp³-hybridized carbons (Fsp3) is 0.562. The van der Waals surface area contributed by atoms with Gasteiger partial charge in [0.15, 0.2) is 0 Å². The molecule has 0 aliphatic rings. The van der Waals surface area contributed by atoms with Crippen molar-refractivity contribution >= 4 is 17.7 Å². The predicted molar refractivity (Wildman–Crippen MR) is 87.1 cm³/mol. The van der Waals surface area contributed by atoms with Crippen LogP contribution in [0.2, 0.25) is 0 Å². The molecule has 0 radical (unpaired) electrons. The minimum absolute atomic E-state index is 0.0650. The Morgan fingerprint density at radius 1 is 1.30 bits per heavy atom. The fourth-order valence-corrected chi connectivity index (χ4v) is 2.35. The molecule has 0 aromatic heterocycles. The number of nitrogens with one attached hydrogen (secondary N) is 1. The van der Waals surface area contributed by atoms with Crippen molar-refractivity contribution in [2.45, 2.75) is 38.0 Å². The van der Waals surface area contributed by atoms with Crippen LogP contribution in [0.25, 0.3) is 0 Å². The highest BCUT2D eigenvalue weighted by molar-refractivity contribution is 8.00. The lowest BCUT2D eigenvalue weighted by molar-refractivity contribution is -0.118. The van der Waals surface area contributed by atoms with Crippen LogP contribution < -0.4 is 11.1 Å². The van der Waals surface area contributed by atoms with Gasteiger partial charge in [0.1, 0.15) is 0 Å². The van der Waals surface area contributed by atoms with E-state index >= 15 is 0 Å². The van der Waals surface area contributed by atoms with Gasteiger partial charge in [-0.25, -0.2) is 0 Å². The Balaban J connectivity index is 2.40. The van der Waals surface area contributed by atoms with Crippen LogP contribution in [0.3, 0.4) is 0 Å². The molecule has 0 saturated carbocycles.